The average Bonchev–Trinajstić information content (AvgIpc) is 2.72. The van der Waals surface area contributed by atoms with Crippen LogP contribution in [0.3, 0.4) is 0 Å². The van der Waals surface area contributed by atoms with Crippen molar-refractivity contribution in [2.24, 2.45) is 0 Å². The number of aromatic nitrogens is 1. The van der Waals surface area contributed by atoms with Gasteiger partial charge < -0.3 is 9.84 Å². The Morgan fingerprint density at radius 3 is 2.61 bits per heavy atom. The van der Waals surface area contributed by atoms with Gasteiger partial charge in [0.15, 0.2) is 0 Å². The van der Waals surface area contributed by atoms with Gasteiger partial charge >= 0.3 is 0 Å². The summed E-state index contributed by atoms with van der Waals surface area (Å²) in [6.45, 7) is 2.04. The quantitative estimate of drug-likeness (QED) is 0.901. The van der Waals surface area contributed by atoms with Crippen LogP contribution in [0, 0.1) is 0 Å². The van der Waals surface area contributed by atoms with E-state index in [1.54, 1.807) is 0 Å². The van der Waals surface area contributed by atoms with Crippen LogP contribution in [-0.2, 0) is 13.0 Å². The molecule has 0 amide bonds. The fraction of sp³-hybridized carbons (Fsp3) is 0.308. The Kier molecular flexibility index (Phi) is 4.58. The first-order chi connectivity index (χ1) is 8.72. The van der Waals surface area contributed by atoms with Crippen molar-refractivity contribution in [3.05, 3.63) is 39.9 Å². The van der Waals surface area contributed by atoms with Gasteiger partial charge in [0.05, 0.1) is 11.5 Å². The number of aryl methyl sites for hydroxylation is 1. The molecule has 1 N–H and O–H groups in total. The molecule has 2 aromatic rings. The SMILES string of the molecule is CCCc1ccc(Oc2nc(Cl)c(CO)s2)cc1. The Labute approximate surface area is 115 Å². The Morgan fingerprint density at radius 2 is 2.06 bits per heavy atom. The second-order valence-corrected chi connectivity index (χ2v) is 5.25. The lowest BCUT2D eigenvalue weighted by atomic mass is 10.1. The van der Waals surface area contributed by atoms with Crippen LogP contribution in [0.2, 0.25) is 5.15 Å². The summed E-state index contributed by atoms with van der Waals surface area (Å²) >= 11 is 7.09. The molecule has 0 atom stereocenters. The van der Waals surface area contributed by atoms with E-state index in [0.717, 1.165) is 18.6 Å². The van der Waals surface area contributed by atoms with Crippen molar-refractivity contribution in [2.45, 2.75) is 26.4 Å². The zero-order chi connectivity index (χ0) is 13.0. The van der Waals surface area contributed by atoms with Crippen LogP contribution in [0.4, 0.5) is 0 Å². The van der Waals surface area contributed by atoms with Gasteiger partial charge in [-0.1, -0.05) is 48.4 Å². The van der Waals surface area contributed by atoms with Crippen LogP contribution >= 0.6 is 22.9 Å². The first-order valence-corrected chi connectivity index (χ1v) is 6.95. The summed E-state index contributed by atoms with van der Waals surface area (Å²) in [4.78, 5) is 4.66. The molecule has 0 spiro atoms. The molecule has 96 valence electrons. The number of aliphatic hydroxyl groups is 1. The number of halogens is 1. The van der Waals surface area contributed by atoms with E-state index >= 15 is 0 Å². The van der Waals surface area contributed by atoms with Crippen LogP contribution in [0.25, 0.3) is 0 Å². The standard InChI is InChI=1S/C13H14ClNO2S/c1-2-3-9-4-6-10(7-5-9)17-13-15-12(14)11(8-16)18-13/h4-7,16H,2-3,8H2,1H3. The number of hydrogen-bond donors (Lipinski definition) is 1. The van der Waals surface area contributed by atoms with Gasteiger partial charge in [-0.2, -0.15) is 4.98 Å². The largest absolute Gasteiger partial charge is 0.431 e. The van der Waals surface area contributed by atoms with E-state index in [2.05, 4.69) is 11.9 Å². The number of thiazole rings is 1. The van der Waals surface area contributed by atoms with Gasteiger partial charge in [0.1, 0.15) is 10.9 Å². The van der Waals surface area contributed by atoms with E-state index in [0.29, 0.717) is 15.2 Å². The third-order valence-corrected chi connectivity index (χ3v) is 3.78. The second-order valence-electron chi connectivity index (χ2n) is 3.85. The van der Waals surface area contributed by atoms with Crippen LogP contribution in [0.5, 0.6) is 10.9 Å². The van der Waals surface area contributed by atoms with Gasteiger partial charge in [-0.15, -0.1) is 0 Å². The summed E-state index contributed by atoms with van der Waals surface area (Å²) in [5.74, 6) is 0.727. The fourth-order valence-corrected chi connectivity index (χ4v) is 2.55. The van der Waals surface area contributed by atoms with Crippen LogP contribution in [-0.4, -0.2) is 10.1 Å². The number of rotatable bonds is 5. The zero-order valence-corrected chi connectivity index (χ0v) is 11.6. The molecule has 18 heavy (non-hydrogen) atoms. The Balaban J connectivity index is 2.08. The molecular formula is C13H14ClNO2S. The summed E-state index contributed by atoms with van der Waals surface area (Å²) < 4.78 is 5.59. The molecule has 2 rings (SSSR count). The maximum atomic E-state index is 9.02. The summed E-state index contributed by atoms with van der Waals surface area (Å²) in [6, 6.07) is 7.92. The molecular weight excluding hydrogens is 270 g/mol. The molecule has 0 fully saturated rings. The number of ether oxygens (including phenoxy) is 1. The Hall–Kier alpha value is -1.10. The van der Waals surface area contributed by atoms with Crippen LogP contribution in [0.1, 0.15) is 23.8 Å². The highest BCUT2D eigenvalue weighted by molar-refractivity contribution is 7.13. The van der Waals surface area contributed by atoms with Gasteiger partial charge in [-0.05, 0) is 24.1 Å². The van der Waals surface area contributed by atoms with E-state index in [4.69, 9.17) is 21.4 Å². The van der Waals surface area contributed by atoms with E-state index in [-0.39, 0.29) is 6.61 Å². The smallest absolute Gasteiger partial charge is 0.280 e. The maximum Gasteiger partial charge on any atom is 0.280 e. The molecule has 1 aromatic carbocycles. The number of aliphatic hydroxyl groups excluding tert-OH is 1. The van der Waals surface area contributed by atoms with E-state index in [1.807, 2.05) is 24.3 Å². The Morgan fingerprint density at radius 1 is 1.33 bits per heavy atom. The third kappa shape index (κ3) is 3.22. The Bertz CT molecular complexity index is 510. The first kappa shape index (κ1) is 13.3. The minimum absolute atomic E-state index is 0.116. The molecule has 0 aliphatic heterocycles. The van der Waals surface area contributed by atoms with Crippen molar-refractivity contribution in [3.63, 3.8) is 0 Å². The first-order valence-electron chi connectivity index (χ1n) is 5.75. The minimum Gasteiger partial charge on any atom is -0.431 e. The molecule has 0 bridgehead atoms. The molecule has 3 nitrogen and oxygen atoms in total. The van der Waals surface area contributed by atoms with Gasteiger partial charge in [0.25, 0.3) is 5.19 Å². The second kappa shape index (κ2) is 6.18. The topological polar surface area (TPSA) is 42.4 Å². The molecule has 5 heteroatoms. The average molecular weight is 284 g/mol. The van der Waals surface area contributed by atoms with Gasteiger partial charge in [-0.3, -0.25) is 0 Å². The lowest BCUT2D eigenvalue weighted by molar-refractivity contribution is 0.285. The molecule has 0 aliphatic rings. The number of benzene rings is 1. The molecule has 0 saturated heterocycles. The third-order valence-electron chi connectivity index (χ3n) is 2.44. The van der Waals surface area contributed by atoms with Gasteiger partial charge in [0.2, 0.25) is 0 Å². The normalized spacial score (nSPS) is 10.6. The van der Waals surface area contributed by atoms with Crippen molar-refractivity contribution in [1.82, 2.24) is 4.98 Å². The maximum absolute atomic E-state index is 9.02. The van der Waals surface area contributed by atoms with Crippen LogP contribution < -0.4 is 4.74 Å². The van der Waals surface area contributed by atoms with Gasteiger partial charge in [0, 0.05) is 0 Å². The van der Waals surface area contributed by atoms with Crippen molar-refractivity contribution in [2.75, 3.05) is 0 Å². The summed E-state index contributed by atoms with van der Waals surface area (Å²) in [7, 11) is 0. The predicted molar refractivity (Wildman–Crippen MR) is 73.6 cm³/mol. The fourth-order valence-electron chi connectivity index (χ4n) is 1.57. The lowest BCUT2D eigenvalue weighted by Crippen LogP contribution is -1.85. The van der Waals surface area contributed by atoms with Gasteiger partial charge in [-0.25, -0.2) is 0 Å². The molecule has 0 unspecified atom stereocenters. The molecule has 1 heterocycles. The highest BCUT2D eigenvalue weighted by Gasteiger charge is 2.09. The zero-order valence-electron chi connectivity index (χ0n) is 10.0. The monoisotopic (exact) mass is 283 g/mol. The number of hydrogen-bond acceptors (Lipinski definition) is 4. The van der Waals surface area contributed by atoms with Crippen molar-refractivity contribution in [3.8, 4) is 10.9 Å². The van der Waals surface area contributed by atoms with E-state index < -0.39 is 0 Å². The minimum atomic E-state index is -0.116. The van der Waals surface area contributed by atoms with Crippen LogP contribution in [0.15, 0.2) is 24.3 Å². The lowest BCUT2D eigenvalue weighted by Gasteiger charge is -2.03. The van der Waals surface area contributed by atoms with Crippen molar-refractivity contribution < 1.29 is 9.84 Å². The highest BCUT2D eigenvalue weighted by Crippen LogP contribution is 2.32. The molecule has 1 aromatic heterocycles. The highest BCUT2D eigenvalue weighted by atomic mass is 35.5. The molecule has 0 saturated carbocycles. The summed E-state index contributed by atoms with van der Waals surface area (Å²) in [5, 5.41) is 9.78. The summed E-state index contributed by atoms with van der Waals surface area (Å²) in [5.41, 5.74) is 1.29. The van der Waals surface area contributed by atoms with E-state index in [1.165, 1.54) is 16.9 Å². The van der Waals surface area contributed by atoms with Crippen molar-refractivity contribution in [1.29, 1.82) is 0 Å². The predicted octanol–water partition coefficient (Wildman–Crippen LogP) is 4.03. The number of nitrogens with zero attached hydrogens (tertiary/aromatic N) is 1. The molecule has 0 radical (unpaired) electrons. The summed E-state index contributed by atoms with van der Waals surface area (Å²) in [6.07, 6.45) is 2.19. The van der Waals surface area contributed by atoms with E-state index in [9.17, 15) is 0 Å². The van der Waals surface area contributed by atoms with Crippen molar-refractivity contribution >= 4 is 22.9 Å². The molecule has 0 aliphatic carbocycles.